The van der Waals surface area contributed by atoms with Gasteiger partial charge in [0.2, 0.25) is 0 Å². The van der Waals surface area contributed by atoms with Crippen LogP contribution in [0.3, 0.4) is 0 Å². The van der Waals surface area contributed by atoms with Crippen molar-refractivity contribution in [2.45, 2.75) is 38.2 Å². The van der Waals surface area contributed by atoms with E-state index < -0.39 is 0 Å². The number of benzene rings is 3. The van der Waals surface area contributed by atoms with E-state index in [-0.39, 0.29) is 24.3 Å². The van der Waals surface area contributed by atoms with Crippen molar-refractivity contribution in [1.29, 1.82) is 0 Å². The molecule has 1 aliphatic heterocycles. The molecule has 1 fully saturated rings. The molecule has 36 heavy (non-hydrogen) atoms. The number of likely N-dealkylation sites (tertiary alicyclic amines) is 1. The number of hydrogen-bond donors (Lipinski definition) is 2. The van der Waals surface area contributed by atoms with Crippen LogP contribution in [-0.2, 0) is 6.42 Å². The topological polar surface area (TPSA) is 52.9 Å². The second-order valence-corrected chi connectivity index (χ2v) is 10.0. The fraction of sp³-hybridized carbons (Fsp3) is 0.333. The molecule has 0 spiro atoms. The van der Waals surface area contributed by atoms with Gasteiger partial charge in [-0.05, 0) is 108 Å². The molecule has 1 saturated heterocycles. The molecule has 5 rings (SSSR count). The predicted octanol–water partition coefficient (Wildman–Crippen LogP) is 6.86. The number of aryl methyl sites for hydroxylation is 1. The number of phenolic OH excluding ortho intramolecular Hbond substituents is 2. The van der Waals surface area contributed by atoms with Crippen LogP contribution in [0.2, 0.25) is 5.02 Å². The Morgan fingerprint density at radius 1 is 0.944 bits per heavy atom. The fourth-order valence-electron chi connectivity index (χ4n) is 5.39. The number of allylic oxidation sites excluding steroid dienone is 1. The van der Waals surface area contributed by atoms with Crippen LogP contribution in [0.5, 0.6) is 17.2 Å². The molecule has 0 bridgehead atoms. The molecule has 188 valence electrons. The first-order valence-corrected chi connectivity index (χ1v) is 13.0. The number of alkyl halides is 1. The van der Waals surface area contributed by atoms with Crippen molar-refractivity contribution in [3.63, 3.8) is 0 Å². The Hall–Kier alpha value is -3.02. The van der Waals surface area contributed by atoms with Gasteiger partial charge in [0.1, 0.15) is 23.4 Å². The van der Waals surface area contributed by atoms with Crippen LogP contribution in [0.15, 0.2) is 60.7 Å². The van der Waals surface area contributed by atoms with Crippen molar-refractivity contribution in [3.8, 4) is 17.2 Å². The number of aromatic hydroxyl groups is 2. The third kappa shape index (κ3) is 5.37. The van der Waals surface area contributed by atoms with Gasteiger partial charge in [0.25, 0.3) is 0 Å². The van der Waals surface area contributed by atoms with Crippen molar-refractivity contribution in [2.24, 2.45) is 0 Å². The molecule has 2 N–H and O–H groups in total. The lowest BCUT2D eigenvalue weighted by Gasteiger charge is -2.19. The molecule has 1 atom stereocenters. The van der Waals surface area contributed by atoms with Crippen LogP contribution in [0, 0.1) is 0 Å². The molecular weight excluding hydrogens is 477 g/mol. The molecule has 0 amide bonds. The van der Waals surface area contributed by atoms with Crippen LogP contribution in [-0.4, -0.2) is 47.5 Å². The lowest BCUT2D eigenvalue weighted by molar-refractivity contribution is 0.198. The summed E-state index contributed by atoms with van der Waals surface area (Å²) in [5, 5.41) is 20.6. The SMILES string of the molecule is Oc1ccc(C2=C(c3ccc(O[C@H]4CCN(CCCF)C4)cc3)c3ccc(O)cc3CCC2)c(Cl)c1. The van der Waals surface area contributed by atoms with Gasteiger partial charge in [0.15, 0.2) is 0 Å². The van der Waals surface area contributed by atoms with Crippen LogP contribution in [0.4, 0.5) is 4.39 Å². The molecule has 3 aromatic carbocycles. The van der Waals surface area contributed by atoms with Gasteiger partial charge in [-0.25, -0.2) is 0 Å². The minimum absolute atomic E-state index is 0.114. The van der Waals surface area contributed by atoms with Crippen molar-refractivity contribution in [1.82, 2.24) is 4.90 Å². The number of rotatable bonds is 7. The minimum Gasteiger partial charge on any atom is -0.508 e. The first-order chi connectivity index (χ1) is 17.5. The standard InChI is InChI=1S/C30H31ClFNO3/c31-29-18-23(35)8-12-27(29)28-4-1-3-21-17-22(34)7-11-26(21)30(28)20-5-9-24(10-6-20)36-25-13-16-33(19-25)15-2-14-32/h5-12,17-18,25,34-35H,1-4,13-16,19H2/t25-/m0/s1. The summed E-state index contributed by atoms with van der Waals surface area (Å²) in [6.45, 7) is 2.27. The third-order valence-corrected chi connectivity index (χ3v) is 7.41. The zero-order chi connectivity index (χ0) is 25.1. The second-order valence-electron chi connectivity index (χ2n) is 9.61. The zero-order valence-corrected chi connectivity index (χ0v) is 21.0. The van der Waals surface area contributed by atoms with Gasteiger partial charge >= 0.3 is 0 Å². The molecule has 0 radical (unpaired) electrons. The average molecular weight is 508 g/mol. The first kappa shape index (κ1) is 24.7. The maximum absolute atomic E-state index is 12.5. The maximum atomic E-state index is 12.5. The number of hydrogen-bond acceptors (Lipinski definition) is 4. The Bertz CT molecular complexity index is 1260. The van der Waals surface area contributed by atoms with Gasteiger partial charge < -0.3 is 14.9 Å². The molecule has 1 heterocycles. The van der Waals surface area contributed by atoms with Crippen LogP contribution in [0.25, 0.3) is 11.1 Å². The van der Waals surface area contributed by atoms with Crippen LogP contribution in [0.1, 0.15) is 47.9 Å². The van der Waals surface area contributed by atoms with E-state index in [2.05, 4.69) is 17.0 Å². The fourth-order valence-corrected chi connectivity index (χ4v) is 5.68. The Kier molecular flexibility index (Phi) is 7.49. The molecule has 6 heteroatoms. The van der Waals surface area contributed by atoms with Crippen molar-refractivity contribution < 1.29 is 19.3 Å². The number of halogens is 2. The smallest absolute Gasteiger partial charge is 0.119 e. The number of fused-ring (bicyclic) bond motifs is 1. The molecule has 0 aromatic heterocycles. The monoisotopic (exact) mass is 507 g/mol. The largest absolute Gasteiger partial charge is 0.508 e. The van der Waals surface area contributed by atoms with Crippen molar-refractivity contribution in [3.05, 3.63) is 87.9 Å². The van der Waals surface area contributed by atoms with Gasteiger partial charge in [-0.3, -0.25) is 9.29 Å². The summed E-state index contributed by atoms with van der Waals surface area (Å²) < 4.78 is 18.8. The summed E-state index contributed by atoms with van der Waals surface area (Å²) in [6, 6.07) is 18.9. The summed E-state index contributed by atoms with van der Waals surface area (Å²) in [7, 11) is 0. The minimum atomic E-state index is -0.278. The molecule has 3 aromatic rings. The second kappa shape index (κ2) is 10.9. The van der Waals surface area contributed by atoms with Gasteiger partial charge in [-0.1, -0.05) is 29.8 Å². The molecule has 0 unspecified atom stereocenters. The highest BCUT2D eigenvalue weighted by molar-refractivity contribution is 6.33. The van der Waals surface area contributed by atoms with E-state index in [9.17, 15) is 14.6 Å². The van der Waals surface area contributed by atoms with Gasteiger partial charge in [0.05, 0.1) is 11.7 Å². The normalized spacial score (nSPS) is 18.2. The number of ether oxygens (including phenoxy) is 1. The Morgan fingerprint density at radius 2 is 1.69 bits per heavy atom. The Balaban J connectivity index is 1.49. The highest BCUT2D eigenvalue weighted by Gasteiger charge is 2.25. The lowest BCUT2D eigenvalue weighted by atomic mass is 9.87. The van der Waals surface area contributed by atoms with Crippen LogP contribution >= 0.6 is 11.6 Å². The summed E-state index contributed by atoms with van der Waals surface area (Å²) in [5.74, 6) is 1.22. The Labute approximate surface area is 216 Å². The van der Waals surface area contributed by atoms with Gasteiger partial charge in [-0.15, -0.1) is 0 Å². The van der Waals surface area contributed by atoms with E-state index in [1.54, 1.807) is 18.2 Å². The zero-order valence-electron chi connectivity index (χ0n) is 20.2. The third-order valence-electron chi connectivity index (χ3n) is 7.09. The lowest BCUT2D eigenvalue weighted by Crippen LogP contribution is -2.26. The molecule has 2 aliphatic rings. The summed E-state index contributed by atoms with van der Waals surface area (Å²) in [5.41, 5.74) is 6.35. The summed E-state index contributed by atoms with van der Waals surface area (Å²) >= 11 is 6.61. The first-order valence-electron chi connectivity index (χ1n) is 12.6. The molecule has 4 nitrogen and oxygen atoms in total. The van der Waals surface area contributed by atoms with E-state index in [1.807, 2.05) is 30.3 Å². The van der Waals surface area contributed by atoms with E-state index in [0.29, 0.717) is 11.4 Å². The number of phenols is 2. The predicted molar refractivity (Wildman–Crippen MR) is 143 cm³/mol. The van der Waals surface area contributed by atoms with Gasteiger partial charge in [0, 0.05) is 19.6 Å². The van der Waals surface area contributed by atoms with E-state index >= 15 is 0 Å². The van der Waals surface area contributed by atoms with E-state index in [0.717, 1.165) is 84.5 Å². The highest BCUT2D eigenvalue weighted by atomic mass is 35.5. The van der Waals surface area contributed by atoms with Gasteiger partial charge in [-0.2, -0.15) is 0 Å². The quantitative estimate of drug-likeness (QED) is 0.367. The van der Waals surface area contributed by atoms with Crippen molar-refractivity contribution >= 4 is 22.7 Å². The summed E-state index contributed by atoms with van der Waals surface area (Å²) in [4.78, 5) is 2.26. The highest BCUT2D eigenvalue weighted by Crippen LogP contribution is 2.43. The van der Waals surface area contributed by atoms with Crippen molar-refractivity contribution in [2.75, 3.05) is 26.3 Å². The van der Waals surface area contributed by atoms with E-state index in [4.69, 9.17) is 16.3 Å². The average Bonchev–Trinajstić information content (AvgIpc) is 3.22. The molecule has 1 aliphatic carbocycles. The molecular formula is C30H31ClFNO3. The Morgan fingerprint density at radius 3 is 2.44 bits per heavy atom. The van der Waals surface area contributed by atoms with Crippen LogP contribution < -0.4 is 4.74 Å². The summed E-state index contributed by atoms with van der Waals surface area (Å²) in [6.07, 6.45) is 4.23. The number of nitrogens with zero attached hydrogens (tertiary/aromatic N) is 1. The molecule has 0 saturated carbocycles. The maximum Gasteiger partial charge on any atom is 0.119 e. The van der Waals surface area contributed by atoms with E-state index in [1.165, 1.54) is 0 Å².